The minimum absolute atomic E-state index is 0.0112. The first kappa shape index (κ1) is 14.6. The highest BCUT2D eigenvalue weighted by atomic mass is 17.2. The van der Waals surface area contributed by atoms with E-state index in [9.17, 15) is 9.59 Å². The Kier molecular flexibility index (Phi) is 5.69. The predicted molar refractivity (Wildman–Crippen MR) is 54.8 cm³/mol. The summed E-state index contributed by atoms with van der Waals surface area (Å²) >= 11 is 0. The number of hydrogen-bond donors (Lipinski definition) is 2. The molecule has 0 aromatic heterocycles. The summed E-state index contributed by atoms with van der Waals surface area (Å²) in [6.45, 7) is 5.32. The Hall–Kier alpha value is -1.40. The van der Waals surface area contributed by atoms with Crippen LogP contribution < -0.4 is 0 Å². The van der Waals surface area contributed by atoms with Gasteiger partial charge in [0.1, 0.15) is 0 Å². The van der Waals surface area contributed by atoms with Gasteiger partial charge in [0.05, 0.1) is 12.2 Å². The van der Waals surface area contributed by atoms with Gasteiger partial charge in [0.15, 0.2) is 0 Å². The molecule has 0 aliphatic rings. The van der Waals surface area contributed by atoms with Crippen LogP contribution in [0.2, 0.25) is 0 Å². The van der Waals surface area contributed by atoms with Crippen molar-refractivity contribution in [3.63, 3.8) is 0 Å². The number of carboxylic acids is 2. The second-order valence-corrected chi connectivity index (χ2v) is 4.08. The molecule has 16 heavy (non-hydrogen) atoms. The van der Waals surface area contributed by atoms with Gasteiger partial charge in [-0.05, 0) is 20.8 Å². The summed E-state index contributed by atoms with van der Waals surface area (Å²) in [5.74, 6) is -2.57. The first-order valence-electron chi connectivity index (χ1n) is 4.70. The average Bonchev–Trinajstić information content (AvgIpc) is 2.07. The van der Waals surface area contributed by atoms with E-state index in [0.717, 1.165) is 0 Å². The van der Waals surface area contributed by atoms with Crippen molar-refractivity contribution in [3.05, 3.63) is 11.6 Å². The predicted octanol–water partition coefficient (Wildman–Crippen LogP) is 1.22. The van der Waals surface area contributed by atoms with Crippen molar-refractivity contribution >= 4 is 11.9 Å². The largest absolute Gasteiger partial charge is 0.478 e. The zero-order chi connectivity index (χ0) is 12.8. The highest BCUT2D eigenvalue weighted by Crippen LogP contribution is 2.09. The Morgan fingerprint density at radius 3 is 2.19 bits per heavy atom. The van der Waals surface area contributed by atoms with Crippen LogP contribution in [0.5, 0.6) is 0 Å². The van der Waals surface area contributed by atoms with Gasteiger partial charge in [-0.25, -0.2) is 19.4 Å². The molecule has 0 spiro atoms. The third-order valence-electron chi connectivity index (χ3n) is 1.34. The fourth-order valence-corrected chi connectivity index (χ4v) is 0.760. The normalized spacial score (nSPS) is 12.6. The first-order valence-corrected chi connectivity index (χ1v) is 4.70. The van der Waals surface area contributed by atoms with E-state index in [2.05, 4.69) is 0 Å². The SMILES string of the molecule is CC(C)(C)OOCC/C(=C\C(=O)O)C(=O)O. The van der Waals surface area contributed by atoms with Gasteiger partial charge in [-0.3, -0.25) is 0 Å². The second kappa shape index (κ2) is 6.24. The second-order valence-electron chi connectivity index (χ2n) is 4.08. The summed E-state index contributed by atoms with van der Waals surface area (Å²) in [5, 5.41) is 17.1. The molecule has 2 N–H and O–H groups in total. The van der Waals surface area contributed by atoms with Crippen molar-refractivity contribution in [2.45, 2.75) is 32.8 Å². The van der Waals surface area contributed by atoms with Crippen LogP contribution in [0.15, 0.2) is 11.6 Å². The highest BCUT2D eigenvalue weighted by Gasteiger charge is 2.13. The molecule has 0 heterocycles. The monoisotopic (exact) mass is 232 g/mol. The quantitative estimate of drug-likeness (QED) is 0.309. The fraction of sp³-hybridized carbons (Fsp3) is 0.600. The van der Waals surface area contributed by atoms with Crippen molar-refractivity contribution in [3.8, 4) is 0 Å². The molecule has 6 nitrogen and oxygen atoms in total. The third-order valence-corrected chi connectivity index (χ3v) is 1.34. The zero-order valence-electron chi connectivity index (χ0n) is 9.52. The van der Waals surface area contributed by atoms with E-state index >= 15 is 0 Å². The molecule has 0 saturated carbocycles. The molecule has 0 saturated heterocycles. The summed E-state index contributed by atoms with van der Waals surface area (Å²) in [5.41, 5.74) is -0.718. The molecule has 92 valence electrons. The number of aliphatic carboxylic acids is 2. The molecule has 0 fully saturated rings. The molecule has 0 unspecified atom stereocenters. The van der Waals surface area contributed by atoms with Gasteiger partial charge in [-0.15, -0.1) is 0 Å². The number of carboxylic acid groups (broad SMARTS) is 2. The molecule has 0 aromatic rings. The molecule has 0 amide bonds. The van der Waals surface area contributed by atoms with Gasteiger partial charge in [-0.1, -0.05) is 0 Å². The Bertz CT molecular complexity index is 286. The van der Waals surface area contributed by atoms with Crippen molar-refractivity contribution in [2.75, 3.05) is 6.61 Å². The van der Waals surface area contributed by atoms with Crippen molar-refractivity contribution in [1.29, 1.82) is 0 Å². The lowest BCUT2D eigenvalue weighted by Gasteiger charge is -2.17. The average molecular weight is 232 g/mol. The first-order chi connectivity index (χ1) is 7.22. The van der Waals surface area contributed by atoms with Gasteiger partial charge < -0.3 is 10.2 Å². The third kappa shape index (κ3) is 7.95. The molecule has 0 aliphatic heterocycles. The lowest BCUT2D eigenvalue weighted by Crippen LogP contribution is -2.20. The number of hydrogen-bond acceptors (Lipinski definition) is 4. The Morgan fingerprint density at radius 1 is 1.25 bits per heavy atom. The van der Waals surface area contributed by atoms with Crippen LogP contribution in [0.25, 0.3) is 0 Å². The Balaban J connectivity index is 4.06. The van der Waals surface area contributed by atoms with Gasteiger partial charge in [0, 0.05) is 18.1 Å². The van der Waals surface area contributed by atoms with Gasteiger partial charge in [0.25, 0.3) is 0 Å². The number of carbonyl (C=O) groups is 2. The van der Waals surface area contributed by atoms with Crippen molar-refractivity contribution in [2.24, 2.45) is 0 Å². The minimum atomic E-state index is -1.30. The molecular formula is C10H16O6. The molecule has 0 atom stereocenters. The Labute approximate surface area is 93.4 Å². The molecule has 0 bridgehead atoms. The van der Waals surface area contributed by atoms with Crippen LogP contribution in [-0.4, -0.2) is 34.4 Å². The summed E-state index contributed by atoms with van der Waals surface area (Å²) < 4.78 is 0. The maximum Gasteiger partial charge on any atom is 0.331 e. The van der Waals surface area contributed by atoms with Crippen LogP contribution in [0.1, 0.15) is 27.2 Å². The van der Waals surface area contributed by atoms with Crippen LogP contribution in [0.3, 0.4) is 0 Å². The molecule has 6 heteroatoms. The van der Waals surface area contributed by atoms with Crippen LogP contribution in [-0.2, 0) is 19.4 Å². The highest BCUT2D eigenvalue weighted by molar-refractivity contribution is 5.94. The van der Waals surface area contributed by atoms with Gasteiger partial charge >= 0.3 is 11.9 Å². The maximum atomic E-state index is 10.6. The van der Waals surface area contributed by atoms with E-state index in [1.165, 1.54) is 0 Å². The van der Waals surface area contributed by atoms with Crippen molar-refractivity contribution in [1.82, 2.24) is 0 Å². The van der Waals surface area contributed by atoms with E-state index in [4.69, 9.17) is 20.0 Å². The smallest absolute Gasteiger partial charge is 0.331 e. The summed E-state index contributed by atoms with van der Waals surface area (Å²) in [6, 6.07) is 0. The topological polar surface area (TPSA) is 93.1 Å². The summed E-state index contributed by atoms with van der Waals surface area (Å²) in [6.07, 6.45) is 0.612. The molecule has 0 aliphatic carbocycles. The lowest BCUT2D eigenvalue weighted by atomic mass is 10.2. The minimum Gasteiger partial charge on any atom is -0.478 e. The van der Waals surface area contributed by atoms with Crippen LogP contribution in [0.4, 0.5) is 0 Å². The molecule has 0 radical (unpaired) electrons. The van der Waals surface area contributed by atoms with E-state index in [0.29, 0.717) is 6.08 Å². The lowest BCUT2D eigenvalue weighted by molar-refractivity contribution is -0.347. The molecule has 0 rings (SSSR count). The van der Waals surface area contributed by atoms with E-state index in [1.54, 1.807) is 20.8 Å². The Morgan fingerprint density at radius 2 is 1.81 bits per heavy atom. The number of rotatable bonds is 6. The van der Waals surface area contributed by atoms with Crippen LogP contribution >= 0.6 is 0 Å². The van der Waals surface area contributed by atoms with Gasteiger partial charge in [0.2, 0.25) is 0 Å². The molecular weight excluding hydrogens is 216 g/mol. The zero-order valence-corrected chi connectivity index (χ0v) is 9.52. The van der Waals surface area contributed by atoms with Crippen molar-refractivity contribution < 1.29 is 29.6 Å². The standard InChI is InChI=1S/C10H16O6/c1-10(2,3)16-15-5-4-7(9(13)14)6-8(11)12/h6H,4-5H2,1-3H3,(H,11,12)(H,13,14)/b7-6+. The summed E-state index contributed by atoms with van der Waals surface area (Å²) in [4.78, 5) is 30.6. The van der Waals surface area contributed by atoms with E-state index in [1.807, 2.05) is 0 Å². The van der Waals surface area contributed by atoms with Gasteiger partial charge in [-0.2, -0.15) is 0 Å². The molecule has 0 aromatic carbocycles. The maximum absolute atomic E-state index is 10.6. The fourth-order valence-electron chi connectivity index (χ4n) is 0.760. The van der Waals surface area contributed by atoms with Crippen LogP contribution in [0, 0.1) is 0 Å². The van der Waals surface area contributed by atoms with E-state index in [-0.39, 0.29) is 18.6 Å². The van der Waals surface area contributed by atoms with E-state index < -0.39 is 17.5 Å². The summed E-state index contributed by atoms with van der Waals surface area (Å²) in [7, 11) is 0.